The molecule has 1 saturated heterocycles. The lowest BCUT2D eigenvalue weighted by atomic mass is 9.96. The lowest BCUT2D eigenvalue weighted by Crippen LogP contribution is -2.41. The van der Waals surface area contributed by atoms with Gasteiger partial charge < -0.3 is 15.2 Å². The zero-order chi connectivity index (χ0) is 20.5. The maximum atomic E-state index is 11.4. The summed E-state index contributed by atoms with van der Waals surface area (Å²) in [6.07, 6.45) is 3.60. The van der Waals surface area contributed by atoms with E-state index < -0.39 is 0 Å². The van der Waals surface area contributed by atoms with Crippen LogP contribution in [0.5, 0.6) is 0 Å². The molecular weight excluding hydrogens is 425 g/mol. The molecule has 1 fully saturated rings. The molecule has 0 radical (unpaired) electrons. The molecule has 0 atom stereocenters. The second-order valence-corrected chi connectivity index (χ2v) is 8.61. The number of piperidine rings is 1. The Morgan fingerprint density at radius 3 is 2.52 bits per heavy atom. The highest BCUT2D eigenvalue weighted by molar-refractivity contribution is 7.80. The van der Waals surface area contributed by atoms with Gasteiger partial charge in [-0.1, -0.05) is 59.7 Å². The van der Waals surface area contributed by atoms with Crippen molar-refractivity contribution in [3.63, 3.8) is 0 Å². The van der Waals surface area contributed by atoms with Crippen LogP contribution in [0.2, 0.25) is 10.0 Å². The maximum Gasteiger partial charge on any atom is 0.220 e. The zero-order valence-corrected chi connectivity index (χ0v) is 18.1. The number of para-hydroxylation sites is 1. The van der Waals surface area contributed by atoms with Crippen molar-refractivity contribution in [1.82, 2.24) is 9.47 Å². The second-order valence-electron chi connectivity index (χ2n) is 7.41. The first kappa shape index (κ1) is 20.2. The summed E-state index contributed by atoms with van der Waals surface area (Å²) in [4.78, 5) is 14.4. The minimum atomic E-state index is -0.214. The number of primary amides is 1. The number of carbonyl (C=O) groups excluding carboxylic acids is 1. The summed E-state index contributed by atoms with van der Waals surface area (Å²) in [5.74, 6) is -0.265. The Labute approximate surface area is 185 Å². The number of thiocarbonyl (C=S) groups is 1. The average Bonchev–Trinajstić information content (AvgIpc) is 3.09. The number of aromatic nitrogens is 1. The van der Waals surface area contributed by atoms with Gasteiger partial charge in [-0.05, 0) is 36.6 Å². The quantitative estimate of drug-likeness (QED) is 0.582. The van der Waals surface area contributed by atoms with Crippen LogP contribution in [0.3, 0.4) is 0 Å². The van der Waals surface area contributed by atoms with Crippen molar-refractivity contribution in [3.05, 3.63) is 69.8 Å². The molecule has 4 rings (SSSR count). The molecule has 0 unspecified atom stereocenters. The van der Waals surface area contributed by atoms with Crippen LogP contribution in [0, 0.1) is 5.92 Å². The van der Waals surface area contributed by atoms with E-state index >= 15 is 0 Å². The largest absolute Gasteiger partial charge is 0.369 e. The van der Waals surface area contributed by atoms with Crippen LogP contribution >= 0.6 is 35.4 Å². The summed E-state index contributed by atoms with van der Waals surface area (Å²) in [6, 6.07) is 13.9. The van der Waals surface area contributed by atoms with E-state index in [1.165, 1.54) is 0 Å². The molecule has 4 nitrogen and oxygen atoms in total. The summed E-state index contributed by atoms with van der Waals surface area (Å²) >= 11 is 18.1. The standard InChI is InChI=1S/C22H21Cl2N3OS/c23-18-6-5-14(11-19(18)24)12-27-13-17(16-3-1-2-4-20(16)27)22(29)26-9-7-15(8-10-26)21(25)28/h1-6,11,13,15H,7-10,12H2,(H2,25,28). The van der Waals surface area contributed by atoms with Crippen molar-refractivity contribution in [3.8, 4) is 0 Å². The molecule has 2 aromatic carbocycles. The fourth-order valence-electron chi connectivity index (χ4n) is 3.92. The monoisotopic (exact) mass is 445 g/mol. The van der Waals surface area contributed by atoms with Crippen molar-refractivity contribution in [1.29, 1.82) is 0 Å². The number of nitrogens with zero attached hydrogens (tertiary/aromatic N) is 2. The number of hydrogen-bond donors (Lipinski definition) is 1. The van der Waals surface area contributed by atoms with E-state index in [2.05, 4.69) is 27.8 Å². The fraction of sp³-hybridized carbons (Fsp3) is 0.273. The van der Waals surface area contributed by atoms with E-state index in [0.29, 0.717) is 16.6 Å². The summed E-state index contributed by atoms with van der Waals surface area (Å²) in [5.41, 5.74) is 8.68. The van der Waals surface area contributed by atoms with Crippen molar-refractivity contribution in [2.75, 3.05) is 13.1 Å². The number of carbonyl (C=O) groups is 1. The number of fused-ring (bicyclic) bond motifs is 1. The van der Waals surface area contributed by atoms with Crippen LogP contribution < -0.4 is 5.73 Å². The highest BCUT2D eigenvalue weighted by Gasteiger charge is 2.26. The van der Waals surface area contributed by atoms with Gasteiger partial charge in [0.25, 0.3) is 0 Å². The molecule has 0 spiro atoms. The van der Waals surface area contributed by atoms with Gasteiger partial charge in [0, 0.05) is 48.2 Å². The summed E-state index contributed by atoms with van der Waals surface area (Å²) < 4.78 is 2.19. The third kappa shape index (κ3) is 4.13. The molecule has 1 amide bonds. The molecule has 150 valence electrons. The molecule has 29 heavy (non-hydrogen) atoms. The Morgan fingerprint density at radius 1 is 1.10 bits per heavy atom. The summed E-state index contributed by atoms with van der Waals surface area (Å²) in [5, 5.41) is 2.22. The SMILES string of the molecule is NC(=O)C1CCN(C(=S)c2cn(Cc3ccc(Cl)c(Cl)c3)c3ccccc23)CC1. The third-order valence-corrected chi connectivity index (χ3v) is 6.76. The van der Waals surface area contributed by atoms with Gasteiger partial charge in [0.2, 0.25) is 5.91 Å². The number of nitrogens with two attached hydrogens (primary N) is 1. The van der Waals surface area contributed by atoms with E-state index in [0.717, 1.165) is 52.9 Å². The molecule has 0 aliphatic carbocycles. The van der Waals surface area contributed by atoms with E-state index in [1.807, 2.05) is 30.3 Å². The van der Waals surface area contributed by atoms with E-state index in [9.17, 15) is 4.79 Å². The van der Waals surface area contributed by atoms with Gasteiger partial charge in [-0.3, -0.25) is 4.79 Å². The van der Waals surface area contributed by atoms with Crippen LogP contribution in [0.4, 0.5) is 0 Å². The normalized spacial score (nSPS) is 15.0. The zero-order valence-electron chi connectivity index (χ0n) is 15.8. The molecule has 1 aliphatic heterocycles. The molecule has 7 heteroatoms. The van der Waals surface area contributed by atoms with Gasteiger partial charge in [-0.2, -0.15) is 0 Å². The number of halogens is 2. The highest BCUT2D eigenvalue weighted by Crippen LogP contribution is 2.28. The molecular formula is C22H21Cl2N3OS. The van der Waals surface area contributed by atoms with Gasteiger partial charge in [0.15, 0.2) is 0 Å². The Hall–Kier alpha value is -2.08. The van der Waals surface area contributed by atoms with Crippen LogP contribution in [0.1, 0.15) is 24.0 Å². The maximum absolute atomic E-state index is 11.4. The van der Waals surface area contributed by atoms with Crippen LogP contribution in [0.25, 0.3) is 10.9 Å². The Bertz CT molecular complexity index is 1090. The Kier molecular flexibility index (Phi) is 5.81. The van der Waals surface area contributed by atoms with Crippen molar-refractivity contribution in [2.24, 2.45) is 11.7 Å². The third-order valence-electron chi connectivity index (χ3n) is 5.54. The lowest BCUT2D eigenvalue weighted by molar-refractivity contribution is -0.122. The van der Waals surface area contributed by atoms with Gasteiger partial charge in [0.1, 0.15) is 4.99 Å². The number of hydrogen-bond acceptors (Lipinski definition) is 2. The van der Waals surface area contributed by atoms with Gasteiger partial charge in [-0.15, -0.1) is 0 Å². The van der Waals surface area contributed by atoms with Crippen LogP contribution in [-0.4, -0.2) is 33.5 Å². The smallest absolute Gasteiger partial charge is 0.220 e. The van der Waals surface area contributed by atoms with Crippen LogP contribution in [-0.2, 0) is 11.3 Å². The molecule has 0 bridgehead atoms. The predicted molar refractivity (Wildman–Crippen MR) is 123 cm³/mol. The molecule has 1 aliphatic rings. The van der Waals surface area contributed by atoms with Crippen LogP contribution in [0.15, 0.2) is 48.7 Å². The summed E-state index contributed by atoms with van der Waals surface area (Å²) in [6.45, 7) is 2.17. The first-order valence-corrected chi connectivity index (χ1v) is 10.7. The highest BCUT2D eigenvalue weighted by atomic mass is 35.5. The molecule has 2 N–H and O–H groups in total. The lowest BCUT2D eigenvalue weighted by Gasteiger charge is -2.32. The minimum Gasteiger partial charge on any atom is -0.369 e. The van der Waals surface area contributed by atoms with Gasteiger partial charge in [-0.25, -0.2) is 0 Å². The van der Waals surface area contributed by atoms with Crippen molar-refractivity contribution < 1.29 is 4.79 Å². The number of benzene rings is 2. The fourth-order valence-corrected chi connectivity index (χ4v) is 4.59. The first-order chi connectivity index (χ1) is 13.9. The topological polar surface area (TPSA) is 51.3 Å². The molecule has 1 aromatic heterocycles. The van der Waals surface area contributed by atoms with E-state index in [1.54, 1.807) is 0 Å². The molecule has 0 saturated carbocycles. The minimum absolute atomic E-state index is 0.0509. The first-order valence-electron chi connectivity index (χ1n) is 9.54. The molecule has 3 aromatic rings. The number of likely N-dealkylation sites (tertiary alicyclic amines) is 1. The molecule has 2 heterocycles. The number of amides is 1. The Balaban J connectivity index is 1.63. The van der Waals surface area contributed by atoms with E-state index in [-0.39, 0.29) is 11.8 Å². The summed E-state index contributed by atoms with van der Waals surface area (Å²) in [7, 11) is 0. The average molecular weight is 446 g/mol. The Morgan fingerprint density at radius 2 is 1.83 bits per heavy atom. The van der Waals surface area contributed by atoms with Crippen molar-refractivity contribution in [2.45, 2.75) is 19.4 Å². The van der Waals surface area contributed by atoms with E-state index in [4.69, 9.17) is 41.2 Å². The van der Waals surface area contributed by atoms with Crippen molar-refractivity contribution >= 4 is 57.2 Å². The predicted octanol–water partition coefficient (Wildman–Crippen LogP) is 4.87. The van der Waals surface area contributed by atoms with Gasteiger partial charge in [0.05, 0.1) is 10.0 Å². The van der Waals surface area contributed by atoms with Gasteiger partial charge >= 0.3 is 0 Å². The number of rotatable bonds is 4. The second kappa shape index (κ2) is 8.34.